The predicted octanol–water partition coefficient (Wildman–Crippen LogP) is 2.38. The molecule has 0 bridgehead atoms. The van der Waals surface area contributed by atoms with Crippen LogP contribution in [0.2, 0.25) is 0 Å². The zero-order valence-corrected chi connectivity index (χ0v) is 13.2. The van der Waals surface area contributed by atoms with Crippen LogP contribution in [0.3, 0.4) is 0 Å². The highest BCUT2D eigenvalue weighted by Crippen LogP contribution is 2.20. The lowest BCUT2D eigenvalue weighted by Gasteiger charge is -2.22. The van der Waals surface area contributed by atoms with Crippen molar-refractivity contribution in [1.29, 1.82) is 0 Å². The van der Waals surface area contributed by atoms with Crippen molar-refractivity contribution in [2.45, 2.75) is 32.3 Å². The Kier molecular flexibility index (Phi) is 4.55. The second-order valence-electron chi connectivity index (χ2n) is 5.61. The molecule has 0 radical (unpaired) electrons. The highest BCUT2D eigenvalue weighted by Gasteiger charge is 2.20. The van der Waals surface area contributed by atoms with Crippen LogP contribution in [0.1, 0.15) is 32.4 Å². The molecule has 0 saturated heterocycles. The van der Waals surface area contributed by atoms with Gasteiger partial charge in [-0.2, -0.15) is 16.9 Å². The van der Waals surface area contributed by atoms with Gasteiger partial charge in [-0.25, -0.2) is 9.50 Å². The molecule has 0 spiro atoms. The molecule has 110 valence electrons. The SMILES string of the molecule is CSCC(C)(O)CNc1nccn2nc(C(C)C)cc12. The number of hydrogen-bond acceptors (Lipinski definition) is 5. The average Bonchev–Trinajstić information content (AvgIpc) is 2.80. The third-order valence-corrected chi connectivity index (χ3v) is 4.00. The number of hydrogen-bond donors (Lipinski definition) is 2. The molecule has 0 aliphatic rings. The zero-order valence-electron chi connectivity index (χ0n) is 12.4. The van der Waals surface area contributed by atoms with Gasteiger partial charge in [0.1, 0.15) is 5.52 Å². The number of thioether (sulfide) groups is 1. The van der Waals surface area contributed by atoms with Gasteiger partial charge in [-0.3, -0.25) is 0 Å². The summed E-state index contributed by atoms with van der Waals surface area (Å²) in [5.41, 5.74) is 1.22. The first-order chi connectivity index (χ1) is 9.43. The lowest BCUT2D eigenvalue weighted by molar-refractivity contribution is 0.0996. The van der Waals surface area contributed by atoms with Crippen molar-refractivity contribution in [3.63, 3.8) is 0 Å². The maximum absolute atomic E-state index is 10.2. The Morgan fingerprint density at radius 3 is 2.90 bits per heavy atom. The van der Waals surface area contributed by atoms with Gasteiger partial charge in [-0.1, -0.05) is 13.8 Å². The number of rotatable bonds is 6. The molecule has 2 aromatic heterocycles. The Bertz CT molecular complexity index is 580. The maximum atomic E-state index is 10.2. The van der Waals surface area contributed by atoms with Gasteiger partial charge in [0.2, 0.25) is 0 Å². The van der Waals surface area contributed by atoms with Gasteiger partial charge in [0, 0.05) is 24.7 Å². The summed E-state index contributed by atoms with van der Waals surface area (Å²) in [5, 5.41) is 18.0. The molecule has 0 fully saturated rings. The molecule has 20 heavy (non-hydrogen) atoms. The maximum Gasteiger partial charge on any atom is 0.152 e. The van der Waals surface area contributed by atoms with Gasteiger partial charge in [-0.05, 0) is 25.2 Å². The third-order valence-electron chi connectivity index (χ3n) is 3.09. The van der Waals surface area contributed by atoms with Crippen LogP contribution < -0.4 is 5.32 Å². The summed E-state index contributed by atoms with van der Waals surface area (Å²) in [6.07, 6.45) is 5.54. The molecule has 0 amide bonds. The van der Waals surface area contributed by atoms with Crippen LogP contribution in [-0.4, -0.2) is 43.9 Å². The second-order valence-corrected chi connectivity index (χ2v) is 6.48. The van der Waals surface area contributed by atoms with Crippen molar-refractivity contribution >= 4 is 23.1 Å². The number of anilines is 1. The van der Waals surface area contributed by atoms with E-state index in [1.54, 1.807) is 18.0 Å². The number of nitrogens with zero attached hydrogens (tertiary/aromatic N) is 3. The second kappa shape index (κ2) is 6.01. The smallest absolute Gasteiger partial charge is 0.152 e. The fraction of sp³-hybridized carbons (Fsp3) is 0.571. The largest absolute Gasteiger partial charge is 0.387 e. The molecule has 1 atom stereocenters. The molecule has 0 aliphatic heterocycles. The summed E-state index contributed by atoms with van der Waals surface area (Å²) >= 11 is 1.63. The molecule has 1 unspecified atom stereocenters. The lowest BCUT2D eigenvalue weighted by atomic mass is 10.1. The molecule has 0 saturated carbocycles. The molecular weight excluding hydrogens is 272 g/mol. The number of nitrogens with one attached hydrogen (secondary N) is 1. The topological polar surface area (TPSA) is 62.5 Å². The van der Waals surface area contributed by atoms with Crippen LogP contribution >= 0.6 is 11.8 Å². The van der Waals surface area contributed by atoms with Crippen molar-refractivity contribution < 1.29 is 5.11 Å². The number of aliphatic hydroxyl groups is 1. The highest BCUT2D eigenvalue weighted by atomic mass is 32.2. The predicted molar refractivity (Wildman–Crippen MR) is 84.6 cm³/mol. The van der Waals surface area contributed by atoms with E-state index in [2.05, 4.69) is 29.2 Å². The minimum absolute atomic E-state index is 0.377. The summed E-state index contributed by atoms with van der Waals surface area (Å²) < 4.78 is 1.83. The van der Waals surface area contributed by atoms with Gasteiger partial charge >= 0.3 is 0 Å². The van der Waals surface area contributed by atoms with Crippen LogP contribution in [0.25, 0.3) is 5.52 Å². The van der Waals surface area contributed by atoms with E-state index in [9.17, 15) is 5.11 Å². The van der Waals surface area contributed by atoms with Gasteiger partial charge in [0.15, 0.2) is 5.82 Å². The first kappa shape index (κ1) is 15.1. The van der Waals surface area contributed by atoms with Gasteiger partial charge in [0.25, 0.3) is 0 Å². The summed E-state index contributed by atoms with van der Waals surface area (Å²) in [6.45, 7) is 6.52. The Morgan fingerprint density at radius 1 is 1.50 bits per heavy atom. The van der Waals surface area contributed by atoms with E-state index < -0.39 is 5.60 Å². The van der Waals surface area contributed by atoms with Crippen LogP contribution in [0.5, 0.6) is 0 Å². The van der Waals surface area contributed by atoms with Crippen LogP contribution in [0, 0.1) is 0 Å². The van der Waals surface area contributed by atoms with Crippen molar-refractivity contribution in [2.24, 2.45) is 0 Å². The van der Waals surface area contributed by atoms with Gasteiger partial charge in [0.05, 0.1) is 11.3 Å². The van der Waals surface area contributed by atoms with E-state index in [0.717, 1.165) is 17.0 Å². The van der Waals surface area contributed by atoms with Crippen molar-refractivity contribution in [3.05, 3.63) is 24.2 Å². The van der Waals surface area contributed by atoms with Crippen LogP contribution in [-0.2, 0) is 0 Å². The fourth-order valence-corrected chi connectivity index (χ4v) is 2.72. The summed E-state index contributed by atoms with van der Waals surface area (Å²) in [4.78, 5) is 4.35. The van der Waals surface area contributed by atoms with E-state index in [1.807, 2.05) is 30.0 Å². The Labute approximate surface area is 123 Å². The molecule has 5 nitrogen and oxygen atoms in total. The average molecular weight is 294 g/mol. The van der Waals surface area contributed by atoms with Crippen LogP contribution in [0.4, 0.5) is 5.82 Å². The third kappa shape index (κ3) is 3.43. The van der Waals surface area contributed by atoms with Crippen LogP contribution in [0.15, 0.2) is 18.5 Å². The van der Waals surface area contributed by atoms with Crippen molar-refractivity contribution in [3.8, 4) is 0 Å². The Balaban J connectivity index is 2.22. The molecule has 2 rings (SSSR count). The molecule has 2 aromatic rings. The number of fused-ring (bicyclic) bond motifs is 1. The zero-order chi connectivity index (χ0) is 14.8. The normalized spacial score (nSPS) is 14.7. The quantitative estimate of drug-likeness (QED) is 0.856. The first-order valence-corrected chi connectivity index (χ1v) is 8.12. The van der Waals surface area contributed by atoms with E-state index in [4.69, 9.17) is 0 Å². The van der Waals surface area contributed by atoms with Crippen molar-refractivity contribution in [2.75, 3.05) is 23.9 Å². The lowest BCUT2D eigenvalue weighted by Crippen LogP contribution is -2.36. The number of aromatic nitrogens is 3. The van der Waals surface area contributed by atoms with E-state index in [1.165, 1.54) is 0 Å². The molecular formula is C14H22N4OS. The summed E-state index contributed by atoms with van der Waals surface area (Å²) in [7, 11) is 0. The molecule has 6 heteroatoms. The minimum Gasteiger partial charge on any atom is -0.387 e. The molecule has 2 heterocycles. The van der Waals surface area contributed by atoms with E-state index in [-0.39, 0.29) is 0 Å². The Hall–Kier alpha value is -1.27. The first-order valence-electron chi connectivity index (χ1n) is 6.72. The van der Waals surface area contributed by atoms with Gasteiger partial charge in [-0.15, -0.1) is 0 Å². The van der Waals surface area contributed by atoms with Gasteiger partial charge < -0.3 is 10.4 Å². The Morgan fingerprint density at radius 2 is 2.25 bits per heavy atom. The fourth-order valence-electron chi connectivity index (χ4n) is 2.00. The van der Waals surface area contributed by atoms with Crippen molar-refractivity contribution in [1.82, 2.24) is 14.6 Å². The standard InChI is InChI=1S/C14H22N4OS/c1-10(2)11-7-12-13(15-5-6-18(12)17-11)16-8-14(3,19)9-20-4/h5-7,10,19H,8-9H2,1-4H3,(H,15,16). The monoisotopic (exact) mass is 294 g/mol. The molecule has 0 aliphatic carbocycles. The summed E-state index contributed by atoms with van der Waals surface area (Å²) in [5.74, 6) is 1.82. The minimum atomic E-state index is -0.755. The molecule has 2 N–H and O–H groups in total. The summed E-state index contributed by atoms with van der Waals surface area (Å²) in [6, 6.07) is 2.04. The van der Waals surface area contributed by atoms with E-state index in [0.29, 0.717) is 18.2 Å². The highest BCUT2D eigenvalue weighted by molar-refractivity contribution is 7.98. The molecule has 0 aromatic carbocycles. The van der Waals surface area contributed by atoms with E-state index >= 15 is 0 Å².